The van der Waals surface area contributed by atoms with Gasteiger partial charge in [-0.2, -0.15) is 0 Å². The topological polar surface area (TPSA) is 70.9 Å². The van der Waals surface area contributed by atoms with Gasteiger partial charge in [0, 0.05) is 11.9 Å². The first-order chi connectivity index (χ1) is 10.2. The third kappa shape index (κ3) is 2.50. The number of fused-ring (bicyclic) bond motifs is 1. The monoisotopic (exact) mass is 283 g/mol. The van der Waals surface area contributed by atoms with Crippen molar-refractivity contribution in [1.29, 1.82) is 0 Å². The molecule has 2 aromatic rings. The van der Waals surface area contributed by atoms with Crippen LogP contribution in [0.25, 0.3) is 10.9 Å². The molecule has 4 N–H and O–H groups in total. The fourth-order valence-electron chi connectivity index (χ4n) is 3.37. The van der Waals surface area contributed by atoms with Gasteiger partial charge in [0.05, 0.1) is 11.2 Å². The average Bonchev–Trinajstić information content (AvgIpc) is 3.39. The molecule has 21 heavy (non-hydrogen) atoms. The van der Waals surface area contributed by atoms with E-state index in [1.54, 1.807) is 0 Å². The largest absolute Gasteiger partial charge is 0.397 e. The van der Waals surface area contributed by atoms with Crippen LogP contribution in [0.5, 0.6) is 0 Å². The maximum Gasteiger partial charge on any atom is 0.267 e. The van der Waals surface area contributed by atoms with Gasteiger partial charge in [-0.3, -0.25) is 4.79 Å². The summed E-state index contributed by atoms with van der Waals surface area (Å²) in [5.74, 6) is 2.40. The molecule has 1 heterocycles. The Morgan fingerprint density at radius 1 is 1.29 bits per heavy atom. The lowest BCUT2D eigenvalue weighted by Gasteiger charge is -2.15. The van der Waals surface area contributed by atoms with Gasteiger partial charge in [-0.25, -0.2) is 0 Å². The SMILES string of the molecule is Nc1cccc2cc(C(=O)NCC(C3CC3)C3CC3)[nH]c12. The molecule has 1 aromatic heterocycles. The fraction of sp³-hybridized carbons (Fsp3) is 0.471. The number of nitrogens with two attached hydrogens (primary N) is 1. The van der Waals surface area contributed by atoms with E-state index in [2.05, 4.69) is 10.3 Å². The maximum atomic E-state index is 12.3. The highest BCUT2D eigenvalue weighted by molar-refractivity contribution is 6.00. The number of benzene rings is 1. The normalized spacial score (nSPS) is 18.3. The summed E-state index contributed by atoms with van der Waals surface area (Å²) in [6.45, 7) is 0.818. The molecule has 110 valence electrons. The van der Waals surface area contributed by atoms with Gasteiger partial charge < -0.3 is 16.0 Å². The van der Waals surface area contributed by atoms with Crippen LogP contribution >= 0.6 is 0 Å². The number of carbonyl (C=O) groups excluding carboxylic acids is 1. The fourth-order valence-corrected chi connectivity index (χ4v) is 3.37. The van der Waals surface area contributed by atoms with Gasteiger partial charge in [-0.15, -0.1) is 0 Å². The van der Waals surface area contributed by atoms with Crippen molar-refractivity contribution in [1.82, 2.24) is 10.3 Å². The number of anilines is 1. The Bertz CT molecular complexity index is 670. The number of aromatic nitrogens is 1. The third-order valence-corrected chi connectivity index (χ3v) is 4.89. The van der Waals surface area contributed by atoms with Crippen molar-refractivity contribution in [3.63, 3.8) is 0 Å². The van der Waals surface area contributed by atoms with E-state index in [0.29, 0.717) is 17.3 Å². The zero-order valence-electron chi connectivity index (χ0n) is 12.1. The lowest BCUT2D eigenvalue weighted by molar-refractivity contribution is 0.0939. The van der Waals surface area contributed by atoms with E-state index in [1.165, 1.54) is 25.7 Å². The molecular weight excluding hydrogens is 262 g/mol. The molecule has 0 saturated heterocycles. The maximum absolute atomic E-state index is 12.3. The number of hydrogen-bond acceptors (Lipinski definition) is 2. The zero-order chi connectivity index (χ0) is 14.4. The molecule has 4 rings (SSSR count). The molecule has 2 aliphatic carbocycles. The van der Waals surface area contributed by atoms with Gasteiger partial charge in [0.1, 0.15) is 5.69 Å². The number of rotatable bonds is 5. The lowest BCUT2D eigenvalue weighted by Crippen LogP contribution is -2.31. The Balaban J connectivity index is 1.46. The zero-order valence-corrected chi connectivity index (χ0v) is 12.1. The van der Waals surface area contributed by atoms with E-state index in [4.69, 9.17) is 5.73 Å². The van der Waals surface area contributed by atoms with Crippen LogP contribution in [0.1, 0.15) is 36.2 Å². The van der Waals surface area contributed by atoms with Crippen LogP contribution in [0.3, 0.4) is 0 Å². The van der Waals surface area contributed by atoms with E-state index < -0.39 is 0 Å². The van der Waals surface area contributed by atoms with Crippen molar-refractivity contribution < 1.29 is 4.79 Å². The molecule has 0 spiro atoms. The van der Waals surface area contributed by atoms with E-state index in [1.807, 2.05) is 24.3 Å². The van der Waals surface area contributed by atoms with Crippen molar-refractivity contribution in [3.05, 3.63) is 30.0 Å². The van der Waals surface area contributed by atoms with Crippen LogP contribution in [0.2, 0.25) is 0 Å². The second-order valence-corrected chi connectivity index (χ2v) is 6.54. The Kier molecular flexibility index (Phi) is 2.91. The summed E-state index contributed by atoms with van der Waals surface area (Å²) in [5.41, 5.74) is 8.06. The Hall–Kier alpha value is -1.97. The van der Waals surface area contributed by atoms with Crippen LogP contribution in [0.4, 0.5) is 5.69 Å². The Morgan fingerprint density at radius 2 is 2.00 bits per heavy atom. The summed E-state index contributed by atoms with van der Waals surface area (Å²) in [7, 11) is 0. The predicted octanol–water partition coefficient (Wildman–Crippen LogP) is 2.92. The number of amides is 1. The predicted molar refractivity (Wildman–Crippen MR) is 84.0 cm³/mol. The second kappa shape index (κ2) is 4.79. The highest BCUT2D eigenvalue weighted by Crippen LogP contribution is 2.48. The van der Waals surface area contributed by atoms with Crippen molar-refractivity contribution in [3.8, 4) is 0 Å². The summed E-state index contributed by atoms with van der Waals surface area (Å²) in [5, 5.41) is 4.10. The molecular formula is C17H21N3O. The third-order valence-electron chi connectivity index (χ3n) is 4.89. The standard InChI is InChI=1S/C17H21N3O/c18-14-3-1-2-12-8-15(20-16(12)14)17(21)19-9-13(10-4-5-10)11-6-7-11/h1-3,8,10-11,13,20H,4-7,9,18H2,(H,19,21). The average molecular weight is 283 g/mol. The minimum absolute atomic E-state index is 0.0168. The number of nitrogen functional groups attached to an aromatic ring is 1. The molecule has 2 saturated carbocycles. The highest BCUT2D eigenvalue weighted by Gasteiger charge is 2.41. The molecule has 0 unspecified atom stereocenters. The molecule has 1 amide bonds. The molecule has 4 heteroatoms. The number of carbonyl (C=O) groups is 1. The molecule has 2 fully saturated rings. The first-order valence-corrected chi connectivity index (χ1v) is 7.88. The van der Waals surface area contributed by atoms with Gasteiger partial charge in [-0.05, 0) is 55.6 Å². The molecule has 0 radical (unpaired) electrons. The van der Waals surface area contributed by atoms with Gasteiger partial charge in [-0.1, -0.05) is 12.1 Å². The number of aromatic amines is 1. The van der Waals surface area contributed by atoms with Crippen LogP contribution < -0.4 is 11.1 Å². The minimum Gasteiger partial charge on any atom is -0.397 e. The first-order valence-electron chi connectivity index (χ1n) is 7.88. The second-order valence-electron chi connectivity index (χ2n) is 6.54. The summed E-state index contributed by atoms with van der Waals surface area (Å²) >= 11 is 0. The van der Waals surface area contributed by atoms with E-state index in [0.717, 1.165) is 29.3 Å². The highest BCUT2D eigenvalue weighted by atomic mass is 16.1. The summed E-state index contributed by atoms with van der Waals surface area (Å²) in [6, 6.07) is 7.60. The van der Waals surface area contributed by atoms with Crippen molar-refractivity contribution >= 4 is 22.5 Å². The van der Waals surface area contributed by atoms with E-state index in [-0.39, 0.29) is 5.91 Å². The van der Waals surface area contributed by atoms with Crippen LogP contribution in [0, 0.1) is 17.8 Å². The number of nitrogens with one attached hydrogen (secondary N) is 2. The van der Waals surface area contributed by atoms with Crippen molar-refractivity contribution in [2.75, 3.05) is 12.3 Å². The molecule has 0 aliphatic heterocycles. The Labute approximate surface area is 124 Å². The van der Waals surface area contributed by atoms with Gasteiger partial charge in [0.25, 0.3) is 5.91 Å². The molecule has 2 aliphatic rings. The molecule has 0 atom stereocenters. The van der Waals surface area contributed by atoms with Gasteiger partial charge >= 0.3 is 0 Å². The summed E-state index contributed by atoms with van der Waals surface area (Å²) in [4.78, 5) is 15.5. The number of H-pyrrole nitrogens is 1. The van der Waals surface area contributed by atoms with Crippen molar-refractivity contribution in [2.24, 2.45) is 17.8 Å². The van der Waals surface area contributed by atoms with E-state index in [9.17, 15) is 4.79 Å². The number of hydrogen-bond donors (Lipinski definition) is 3. The van der Waals surface area contributed by atoms with Gasteiger partial charge in [0.15, 0.2) is 0 Å². The Morgan fingerprint density at radius 3 is 2.62 bits per heavy atom. The first kappa shape index (κ1) is 12.7. The van der Waals surface area contributed by atoms with Crippen LogP contribution in [-0.2, 0) is 0 Å². The van der Waals surface area contributed by atoms with E-state index >= 15 is 0 Å². The van der Waals surface area contributed by atoms with Crippen molar-refractivity contribution in [2.45, 2.75) is 25.7 Å². The lowest BCUT2D eigenvalue weighted by atomic mass is 9.98. The molecule has 4 nitrogen and oxygen atoms in total. The van der Waals surface area contributed by atoms with Gasteiger partial charge in [0.2, 0.25) is 0 Å². The molecule has 0 bridgehead atoms. The number of para-hydroxylation sites is 1. The quantitative estimate of drug-likeness (QED) is 0.738. The molecule has 1 aromatic carbocycles. The minimum atomic E-state index is -0.0168. The van der Waals surface area contributed by atoms with Crippen LogP contribution in [-0.4, -0.2) is 17.4 Å². The van der Waals surface area contributed by atoms with Crippen LogP contribution in [0.15, 0.2) is 24.3 Å². The summed E-state index contributed by atoms with van der Waals surface area (Å²) < 4.78 is 0. The summed E-state index contributed by atoms with van der Waals surface area (Å²) in [6.07, 6.45) is 5.39. The smallest absolute Gasteiger partial charge is 0.267 e.